The van der Waals surface area contributed by atoms with Gasteiger partial charge in [0.1, 0.15) is 0 Å². The maximum atomic E-state index is 12.6. The van der Waals surface area contributed by atoms with E-state index in [1.807, 2.05) is 17.2 Å². The zero-order chi connectivity index (χ0) is 19.3. The molecule has 0 bridgehead atoms. The standard InChI is InChI=1S/C18H25N5O2S2/c1-2-15(14-27(24,25)16-6-4-3-5-7-16)21-17(19)22-9-11-23(12-10-22)18-20-8-13-26-18/h3-8,13,15H,2,9-12,14H2,1H3,(H2,19,21). The summed E-state index contributed by atoms with van der Waals surface area (Å²) in [6, 6.07) is 8.14. The van der Waals surface area contributed by atoms with Crippen LogP contribution in [0.2, 0.25) is 0 Å². The molecular weight excluding hydrogens is 382 g/mol. The third kappa shape index (κ3) is 4.98. The minimum atomic E-state index is -3.38. The lowest BCUT2D eigenvalue weighted by Gasteiger charge is -2.35. The van der Waals surface area contributed by atoms with Crippen molar-refractivity contribution in [2.24, 2.45) is 10.7 Å². The van der Waals surface area contributed by atoms with Gasteiger partial charge in [0.25, 0.3) is 0 Å². The van der Waals surface area contributed by atoms with Gasteiger partial charge in [-0.25, -0.2) is 18.4 Å². The third-order valence-corrected chi connectivity index (χ3v) is 7.24. The van der Waals surface area contributed by atoms with Gasteiger partial charge < -0.3 is 15.5 Å². The molecule has 0 aliphatic carbocycles. The molecule has 146 valence electrons. The second-order valence-corrected chi connectivity index (χ2v) is 9.34. The zero-order valence-corrected chi connectivity index (χ0v) is 17.0. The summed E-state index contributed by atoms with van der Waals surface area (Å²) in [5, 5.41) is 2.99. The number of hydrogen-bond donors (Lipinski definition) is 1. The lowest BCUT2D eigenvalue weighted by atomic mass is 10.3. The highest BCUT2D eigenvalue weighted by atomic mass is 32.2. The van der Waals surface area contributed by atoms with Crippen LogP contribution >= 0.6 is 11.3 Å². The number of nitrogens with two attached hydrogens (primary N) is 1. The molecule has 0 radical (unpaired) electrons. The van der Waals surface area contributed by atoms with Gasteiger partial charge in [0.05, 0.1) is 16.7 Å². The number of sulfone groups is 1. The Kier molecular flexibility index (Phi) is 6.33. The van der Waals surface area contributed by atoms with Crippen molar-refractivity contribution in [2.45, 2.75) is 24.3 Å². The molecule has 0 saturated carbocycles. The molecule has 1 aliphatic rings. The lowest BCUT2D eigenvalue weighted by molar-refractivity contribution is 0.379. The van der Waals surface area contributed by atoms with Crippen LogP contribution in [-0.2, 0) is 9.84 Å². The first-order valence-corrected chi connectivity index (χ1v) is 11.5. The Labute approximate surface area is 164 Å². The summed E-state index contributed by atoms with van der Waals surface area (Å²) >= 11 is 1.63. The second-order valence-electron chi connectivity index (χ2n) is 6.43. The topological polar surface area (TPSA) is 91.9 Å². The number of piperazine rings is 1. The first-order chi connectivity index (χ1) is 13.0. The van der Waals surface area contributed by atoms with Crippen LogP contribution in [0.25, 0.3) is 0 Å². The van der Waals surface area contributed by atoms with Crippen LogP contribution in [-0.4, -0.2) is 62.2 Å². The van der Waals surface area contributed by atoms with E-state index in [4.69, 9.17) is 5.73 Å². The largest absolute Gasteiger partial charge is 0.370 e. The molecule has 1 aliphatic heterocycles. The fourth-order valence-electron chi connectivity index (χ4n) is 2.99. The van der Waals surface area contributed by atoms with Gasteiger partial charge in [-0.2, -0.15) is 0 Å². The Hall–Kier alpha value is -2.13. The summed E-state index contributed by atoms with van der Waals surface area (Å²) in [6.45, 7) is 5.07. The molecule has 2 heterocycles. The predicted octanol–water partition coefficient (Wildman–Crippen LogP) is 1.83. The maximum absolute atomic E-state index is 12.6. The normalized spacial score (nSPS) is 17.1. The van der Waals surface area contributed by atoms with Crippen molar-refractivity contribution in [2.75, 3.05) is 36.8 Å². The van der Waals surface area contributed by atoms with Crippen molar-refractivity contribution in [3.05, 3.63) is 41.9 Å². The Morgan fingerprint density at radius 2 is 1.96 bits per heavy atom. The fourth-order valence-corrected chi connectivity index (χ4v) is 5.27. The first-order valence-electron chi connectivity index (χ1n) is 9.00. The van der Waals surface area contributed by atoms with Gasteiger partial charge in [0, 0.05) is 37.8 Å². The van der Waals surface area contributed by atoms with Crippen LogP contribution in [0.5, 0.6) is 0 Å². The number of hydrogen-bond acceptors (Lipinski definition) is 6. The molecule has 27 heavy (non-hydrogen) atoms. The van der Waals surface area contributed by atoms with E-state index >= 15 is 0 Å². The van der Waals surface area contributed by atoms with E-state index in [2.05, 4.69) is 14.9 Å². The second kappa shape index (κ2) is 8.71. The number of nitrogens with zero attached hydrogens (tertiary/aromatic N) is 4. The highest BCUT2D eigenvalue weighted by molar-refractivity contribution is 7.91. The summed E-state index contributed by atoms with van der Waals surface area (Å²) in [7, 11) is -3.38. The Morgan fingerprint density at radius 3 is 2.56 bits per heavy atom. The van der Waals surface area contributed by atoms with Crippen molar-refractivity contribution in [3.8, 4) is 0 Å². The summed E-state index contributed by atoms with van der Waals surface area (Å²) in [6.07, 6.45) is 2.42. The lowest BCUT2D eigenvalue weighted by Crippen LogP contribution is -2.51. The minimum absolute atomic E-state index is 0.0344. The highest BCUT2D eigenvalue weighted by Crippen LogP contribution is 2.19. The summed E-state index contributed by atoms with van der Waals surface area (Å²) in [5.41, 5.74) is 6.20. The van der Waals surface area contributed by atoms with E-state index in [0.29, 0.717) is 17.3 Å². The van der Waals surface area contributed by atoms with Gasteiger partial charge in [0.2, 0.25) is 0 Å². The van der Waals surface area contributed by atoms with Gasteiger partial charge in [0.15, 0.2) is 20.9 Å². The molecule has 1 fully saturated rings. The molecule has 9 heteroatoms. The van der Waals surface area contributed by atoms with Crippen LogP contribution < -0.4 is 10.6 Å². The average Bonchev–Trinajstić information content (AvgIpc) is 3.23. The Bertz CT molecular complexity index is 845. The number of anilines is 1. The number of guanidine groups is 1. The van der Waals surface area contributed by atoms with Gasteiger partial charge in [-0.3, -0.25) is 0 Å². The van der Waals surface area contributed by atoms with E-state index in [1.165, 1.54) is 0 Å². The van der Waals surface area contributed by atoms with Crippen LogP contribution in [0.4, 0.5) is 5.13 Å². The molecule has 1 atom stereocenters. The molecule has 0 amide bonds. The molecule has 1 saturated heterocycles. The van der Waals surface area contributed by atoms with Crippen LogP contribution in [0, 0.1) is 0 Å². The van der Waals surface area contributed by atoms with E-state index in [1.54, 1.807) is 47.9 Å². The SMILES string of the molecule is CCC(CS(=O)(=O)c1ccccc1)N=C(N)N1CCN(c2nccs2)CC1. The Morgan fingerprint density at radius 1 is 1.26 bits per heavy atom. The van der Waals surface area contributed by atoms with Crippen molar-refractivity contribution in [3.63, 3.8) is 0 Å². The minimum Gasteiger partial charge on any atom is -0.370 e. The number of aliphatic imine (C=N–C) groups is 1. The van der Waals surface area contributed by atoms with Crippen molar-refractivity contribution in [1.82, 2.24) is 9.88 Å². The van der Waals surface area contributed by atoms with Crippen molar-refractivity contribution < 1.29 is 8.42 Å². The number of thiazole rings is 1. The summed E-state index contributed by atoms with van der Waals surface area (Å²) in [5.74, 6) is 0.386. The third-order valence-electron chi connectivity index (χ3n) is 4.59. The molecule has 3 rings (SSSR count). The van der Waals surface area contributed by atoms with Crippen LogP contribution in [0.15, 0.2) is 51.8 Å². The fraction of sp³-hybridized carbons (Fsp3) is 0.444. The molecule has 1 aromatic heterocycles. The molecule has 2 N–H and O–H groups in total. The monoisotopic (exact) mass is 407 g/mol. The average molecular weight is 408 g/mol. The molecule has 1 unspecified atom stereocenters. The van der Waals surface area contributed by atoms with Gasteiger partial charge in [-0.05, 0) is 18.6 Å². The van der Waals surface area contributed by atoms with Crippen LogP contribution in [0.3, 0.4) is 0 Å². The number of rotatable bonds is 6. The highest BCUT2D eigenvalue weighted by Gasteiger charge is 2.23. The molecular formula is C18H25N5O2S2. The number of aromatic nitrogens is 1. The van der Waals surface area contributed by atoms with E-state index in [-0.39, 0.29) is 11.8 Å². The summed E-state index contributed by atoms with van der Waals surface area (Å²) < 4.78 is 25.2. The number of benzene rings is 1. The van der Waals surface area contributed by atoms with Crippen molar-refractivity contribution in [1.29, 1.82) is 0 Å². The molecule has 7 nitrogen and oxygen atoms in total. The van der Waals surface area contributed by atoms with Crippen LogP contribution in [0.1, 0.15) is 13.3 Å². The molecule has 1 aromatic carbocycles. The summed E-state index contributed by atoms with van der Waals surface area (Å²) in [4.78, 5) is 13.4. The Balaban J connectivity index is 1.62. The maximum Gasteiger partial charge on any atom is 0.191 e. The van der Waals surface area contributed by atoms with E-state index in [0.717, 1.165) is 31.3 Å². The van der Waals surface area contributed by atoms with Gasteiger partial charge in [-0.15, -0.1) is 11.3 Å². The van der Waals surface area contributed by atoms with E-state index < -0.39 is 9.84 Å². The predicted molar refractivity (Wildman–Crippen MR) is 110 cm³/mol. The molecule has 0 spiro atoms. The smallest absolute Gasteiger partial charge is 0.191 e. The van der Waals surface area contributed by atoms with Crippen molar-refractivity contribution >= 4 is 32.3 Å². The van der Waals surface area contributed by atoms with Gasteiger partial charge >= 0.3 is 0 Å². The first kappa shape index (κ1) is 19.6. The van der Waals surface area contributed by atoms with E-state index in [9.17, 15) is 8.42 Å². The van der Waals surface area contributed by atoms with Gasteiger partial charge in [-0.1, -0.05) is 25.1 Å². The molecule has 2 aromatic rings. The quantitative estimate of drug-likeness (QED) is 0.580. The zero-order valence-electron chi connectivity index (χ0n) is 15.4.